The van der Waals surface area contributed by atoms with Gasteiger partial charge in [-0.2, -0.15) is 0 Å². The van der Waals surface area contributed by atoms with Gasteiger partial charge in [-0.1, -0.05) is 6.92 Å². The topological polar surface area (TPSA) is 79.0 Å². The number of anilines is 1. The van der Waals surface area contributed by atoms with Crippen molar-refractivity contribution in [1.82, 2.24) is 10.2 Å². The highest BCUT2D eigenvalue weighted by Crippen LogP contribution is 2.22. The fourth-order valence-electron chi connectivity index (χ4n) is 3.16. The standard InChI is InChI=1S/C18H23N3O4/c1-2-9-25-12-13-7-8-20(10-13)17(23)14-3-5-15(6-4-14)21-11-16(22)19-18(21)24/h3-6,13H,2,7-12H2,1H3,(H,19,22,24). The number of imide groups is 1. The average Bonchev–Trinajstić information content (AvgIpc) is 3.21. The van der Waals surface area contributed by atoms with Crippen LogP contribution < -0.4 is 10.2 Å². The molecule has 134 valence electrons. The summed E-state index contributed by atoms with van der Waals surface area (Å²) in [5.41, 5.74) is 1.19. The quantitative estimate of drug-likeness (QED) is 0.628. The first-order valence-corrected chi connectivity index (χ1v) is 8.67. The van der Waals surface area contributed by atoms with Crippen molar-refractivity contribution in [3.8, 4) is 0 Å². The molecule has 0 bridgehead atoms. The minimum absolute atomic E-state index is 0.00788. The molecule has 4 amide bonds. The molecule has 2 heterocycles. The summed E-state index contributed by atoms with van der Waals surface area (Å²) in [6, 6.07) is 6.37. The summed E-state index contributed by atoms with van der Waals surface area (Å²) >= 11 is 0. The second-order valence-electron chi connectivity index (χ2n) is 6.47. The van der Waals surface area contributed by atoms with E-state index in [0.717, 1.165) is 26.0 Å². The number of hydrogen-bond acceptors (Lipinski definition) is 4. The fourth-order valence-corrected chi connectivity index (χ4v) is 3.16. The van der Waals surface area contributed by atoms with E-state index in [-0.39, 0.29) is 18.4 Å². The van der Waals surface area contributed by atoms with Gasteiger partial charge >= 0.3 is 6.03 Å². The Balaban J connectivity index is 1.58. The molecule has 2 saturated heterocycles. The third kappa shape index (κ3) is 3.99. The lowest BCUT2D eigenvalue weighted by Gasteiger charge is -2.18. The van der Waals surface area contributed by atoms with Crippen molar-refractivity contribution in [2.75, 3.05) is 37.7 Å². The Bertz CT molecular complexity index is 659. The van der Waals surface area contributed by atoms with E-state index in [0.29, 0.717) is 30.3 Å². The summed E-state index contributed by atoms with van der Waals surface area (Å²) < 4.78 is 5.58. The van der Waals surface area contributed by atoms with Crippen LogP contribution in [0.1, 0.15) is 30.1 Å². The van der Waals surface area contributed by atoms with E-state index in [1.807, 2.05) is 4.90 Å². The molecular formula is C18H23N3O4. The number of benzene rings is 1. The van der Waals surface area contributed by atoms with Crippen molar-refractivity contribution in [2.24, 2.45) is 5.92 Å². The number of amides is 4. The lowest BCUT2D eigenvalue weighted by molar-refractivity contribution is -0.117. The molecule has 1 aromatic carbocycles. The molecule has 1 N–H and O–H groups in total. The fraction of sp³-hybridized carbons (Fsp3) is 0.500. The SMILES string of the molecule is CCCOCC1CCN(C(=O)c2ccc(N3CC(=O)NC3=O)cc2)C1. The largest absolute Gasteiger partial charge is 0.381 e. The number of urea groups is 1. The van der Waals surface area contributed by atoms with Gasteiger partial charge in [0.2, 0.25) is 5.91 Å². The Labute approximate surface area is 146 Å². The first-order valence-electron chi connectivity index (χ1n) is 8.67. The minimum Gasteiger partial charge on any atom is -0.381 e. The minimum atomic E-state index is -0.432. The van der Waals surface area contributed by atoms with Gasteiger partial charge in [-0.3, -0.25) is 19.8 Å². The number of nitrogens with one attached hydrogen (secondary N) is 1. The Morgan fingerprint density at radius 3 is 2.68 bits per heavy atom. The predicted octanol–water partition coefficient (Wildman–Crippen LogP) is 1.63. The Hall–Kier alpha value is -2.41. The summed E-state index contributed by atoms with van der Waals surface area (Å²) in [5, 5.41) is 2.23. The van der Waals surface area contributed by atoms with Crippen LogP contribution in [-0.2, 0) is 9.53 Å². The van der Waals surface area contributed by atoms with Crippen molar-refractivity contribution in [2.45, 2.75) is 19.8 Å². The molecule has 0 saturated carbocycles. The zero-order valence-electron chi connectivity index (χ0n) is 14.4. The van der Waals surface area contributed by atoms with Gasteiger partial charge in [0.25, 0.3) is 5.91 Å². The van der Waals surface area contributed by atoms with E-state index in [1.54, 1.807) is 24.3 Å². The van der Waals surface area contributed by atoms with Crippen molar-refractivity contribution < 1.29 is 19.1 Å². The van der Waals surface area contributed by atoms with E-state index in [1.165, 1.54) is 4.90 Å². The highest BCUT2D eigenvalue weighted by atomic mass is 16.5. The summed E-state index contributed by atoms with van der Waals surface area (Å²) in [6.45, 7) is 5.01. The Kier molecular flexibility index (Phi) is 5.33. The van der Waals surface area contributed by atoms with Crippen LogP contribution in [0.25, 0.3) is 0 Å². The number of likely N-dealkylation sites (tertiary alicyclic amines) is 1. The Morgan fingerprint density at radius 2 is 2.04 bits per heavy atom. The van der Waals surface area contributed by atoms with Crippen LogP contribution in [-0.4, -0.2) is 55.6 Å². The predicted molar refractivity (Wildman–Crippen MR) is 92.4 cm³/mol. The molecule has 2 aliphatic heterocycles. The average molecular weight is 345 g/mol. The van der Waals surface area contributed by atoms with Crippen molar-refractivity contribution in [1.29, 1.82) is 0 Å². The second kappa shape index (κ2) is 7.65. The van der Waals surface area contributed by atoms with Gasteiger partial charge in [0.15, 0.2) is 0 Å². The van der Waals surface area contributed by atoms with Crippen molar-refractivity contribution in [3.05, 3.63) is 29.8 Å². The first kappa shape index (κ1) is 17.4. The van der Waals surface area contributed by atoms with Crippen LogP contribution in [0, 0.1) is 5.92 Å². The normalized spacial score (nSPS) is 20.3. The van der Waals surface area contributed by atoms with Gasteiger partial charge in [0.05, 0.1) is 6.61 Å². The van der Waals surface area contributed by atoms with Gasteiger partial charge in [0.1, 0.15) is 6.54 Å². The molecule has 1 aromatic rings. The summed E-state index contributed by atoms with van der Waals surface area (Å²) in [5.74, 6) is 0.0686. The highest BCUT2D eigenvalue weighted by molar-refractivity contribution is 6.12. The number of nitrogens with zero attached hydrogens (tertiary/aromatic N) is 2. The molecule has 3 rings (SSSR count). The molecule has 0 radical (unpaired) electrons. The van der Waals surface area contributed by atoms with Gasteiger partial charge < -0.3 is 9.64 Å². The maximum absolute atomic E-state index is 12.6. The van der Waals surface area contributed by atoms with Crippen molar-refractivity contribution in [3.63, 3.8) is 0 Å². The third-order valence-corrected chi connectivity index (χ3v) is 4.49. The maximum Gasteiger partial charge on any atom is 0.329 e. The monoisotopic (exact) mass is 345 g/mol. The second-order valence-corrected chi connectivity index (χ2v) is 6.47. The summed E-state index contributed by atoms with van der Waals surface area (Å²) in [4.78, 5) is 38.7. The van der Waals surface area contributed by atoms with E-state index in [2.05, 4.69) is 12.2 Å². The van der Waals surface area contributed by atoms with Gasteiger partial charge in [-0.05, 0) is 37.1 Å². The molecule has 7 heteroatoms. The van der Waals surface area contributed by atoms with Crippen LogP contribution >= 0.6 is 0 Å². The van der Waals surface area contributed by atoms with Gasteiger partial charge in [-0.15, -0.1) is 0 Å². The molecular weight excluding hydrogens is 322 g/mol. The third-order valence-electron chi connectivity index (χ3n) is 4.49. The molecule has 2 aliphatic rings. The van der Waals surface area contributed by atoms with Crippen LogP contribution in [0.5, 0.6) is 0 Å². The molecule has 0 spiro atoms. The van der Waals surface area contributed by atoms with Crippen LogP contribution in [0.4, 0.5) is 10.5 Å². The highest BCUT2D eigenvalue weighted by Gasteiger charge is 2.29. The number of hydrogen-bond donors (Lipinski definition) is 1. The molecule has 1 atom stereocenters. The molecule has 25 heavy (non-hydrogen) atoms. The van der Waals surface area contributed by atoms with E-state index in [9.17, 15) is 14.4 Å². The first-order chi connectivity index (χ1) is 12.1. The smallest absolute Gasteiger partial charge is 0.329 e. The number of carbonyl (C=O) groups is 3. The zero-order chi connectivity index (χ0) is 17.8. The van der Waals surface area contributed by atoms with Gasteiger partial charge in [0, 0.05) is 36.9 Å². The summed E-state index contributed by atoms with van der Waals surface area (Å²) in [6.07, 6.45) is 1.96. The van der Waals surface area contributed by atoms with E-state index < -0.39 is 6.03 Å². The molecule has 2 fully saturated rings. The van der Waals surface area contributed by atoms with E-state index in [4.69, 9.17) is 4.74 Å². The number of ether oxygens (including phenoxy) is 1. The zero-order valence-corrected chi connectivity index (χ0v) is 14.4. The maximum atomic E-state index is 12.6. The Morgan fingerprint density at radius 1 is 1.28 bits per heavy atom. The van der Waals surface area contributed by atoms with Crippen molar-refractivity contribution >= 4 is 23.5 Å². The summed E-state index contributed by atoms with van der Waals surface area (Å²) in [7, 11) is 0. The van der Waals surface area contributed by atoms with Crippen LogP contribution in [0.3, 0.4) is 0 Å². The molecule has 7 nitrogen and oxygen atoms in total. The lowest BCUT2D eigenvalue weighted by Crippen LogP contribution is -2.30. The van der Waals surface area contributed by atoms with E-state index >= 15 is 0 Å². The molecule has 0 aliphatic carbocycles. The van der Waals surface area contributed by atoms with Crippen LogP contribution in [0.2, 0.25) is 0 Å². The number of carbonyl (C=O) groups excluding carboxylic acids is 3. The van der Waals surface area contributed by atoms with Crippen LogP contribution in [0.15, 0.2) is 24.3 Å². The molecule has 1 unspecified atom stereocenters. The lowest BCUT2D eigenvalue weighted by atomic mass is 10.1. The van der Waals surface area contributed by atoms with Gasteiger partial charge in [-0.25, -0.2) is 4.79 Å². The number of rotatable bonds is 6. The molecule has 0 aromatic heterocycles.